The molecule has 19 heavy (non-hydrogen) atoms. The van der Waals surface area contributed by atoms with Crippen molar-refractivity contribution in [2.75, 3.05) is 0 Å². The summed E-state index contributed by atoms with van der Waals surface area (Å²) in [6.07, 6.45) is 3.84. The van der Waals surface area contributed by atoms with Gasteiger partial charge in [0.25, 0.3) is 0 Å². The van der Waals surface area contributed by atoms with E-state index in [1.807, 2.05) is 54.0 Å². The van der Waals surface area contributed by atoms with Crippen LogP contribution in [-0.2, 0) is 6.61 Å². The second kappa shape index (κ2) is 4.68. The molecule has 0 atom stereocenters. The zero-order chi connectivity index (χ0) is 13.4. The Morgan fingerprint density at radius 3 is 2.84 bits per heavy atom. The molecule has 3 aromatic rings. The van der Waals surface area contributed by atoms with Crippen molar-refractivity contribution >= 4 is 17.2 Å². The standard InChI is InChI=1S/C15H13ClN2O/c1-10-7-18-8-11(9-19)5-14(15(18)17-10)12-3-2-4-13(16)6-12/h2-8,19H,9H2,1H3. The van der Waals surface area contributed by atoms with E-state index in [2.05, 4.69) is 4.98 Å². The summed E-state index contributed by atoms with van der Waals surface area (Å²) in [5.41, 5.74) is 4.63. The van der Waals surface area contributed by atoms with Crippen molar-refractivity contribution in [2.24, 2.45) is 0 Å². The first-order valence-electron chi connectivity index (χ1n) is 6.02. The molecule has 0 aliphatic rings. The molecule has 96 valence electrons. The van der Waals surface area contributed by atoms with Crippen LogP contribution in [0, 0.1) is 6.92 Å². The zero-order valence-electron chi connectivity index (χ0n) is 10.5. The van der Waals surface area contributed by atoms with Gasteiger partial charge in [-0.3, -0.25) is 0 Å². The topological polar surface area (TPSA) is 37.5 Å². The van der Waals surface area contributed by atoms with Crippen LogP contribution in [0.2, 0.25) is 5.02 Å². The predicted molar refractivity (Wildman–Crippen MR) is 76.3 cm³/mol. The molecule has 3 nitrogen and oxygen atoms in total. The molecule has 2 aromatic heterocycles. The first-order chi connectivity index (χ1) is 9.17. The van der Waals surface area contributed by atoms with Crippen LogP contribution in [0.4, 0.5) is 0 Å². The van der Waals surface area contributed by atoms with Gasteiger partial charge in [-0.25, -0.2) is 4.98 Å². The molecule has 3 rings (SSSR count). The number of halogens is 1. The van der Waals surface area contributed by atoms with Gasteiger partial charge in [0, 0.05) is 23.0 Å². The van der Waals surface area contributed by atoms with E-state index in [4.69, 9.17) is 11.6 Å². The molecule has 0 fully saturated rings. The number of aliphatic hydroxyl groups is 1. The summed E-state index contributed by atoms with van der Waals surface area (Å²) in [6, 6.07) is 9.60. The SMILES string of the molecule is Cc1cn2cc(CO)cc(-c3cccc(Cl)c3)c2n1. The minimum atomic E-state index is 0.000728. The van der Waals surface area contributed by atoms with E-state index in [0.717, 1.165) is 28.0 Å². The van der Waals surface area contributed by atoms with E-state index >= 15 is 0 Å². The lowest BCUT2D eigenvalue weighted by atomic mass is 10.1. The number of benzene rings is 1. The maximum absolute atomic E-state index is 9.37. The van der Waals surface area contributed by atoms with Crippen molar-refractivity contribution in [1.29, 1.82) is 0 Å². The van der Waals surface area contributed by atoms with Gasteiger partial charge >= 0.3 is 0 Å². The number of pyridine rings is 1. The van der Waals surface area contributed by atoms with Crippen LogP contribution >= 0.6 is 11.6 Å². The molecule has 0 saturated heterocycles. The fourth-order valence-corrected chi connectivity index (χ4v) is 2.42. The third kappa shape index (κ3) is 2.23. The van der Waals surface area contributed by atoms with Crippen molar-refractivity contribution < 1.29 is 5.11 Å². The second-order valence-corrected chi connectivity index (χ2v) is 4.98. The van der Waals surface area contributed by atoms with Gasteiger partial charge < -0.3 is 9.51 Å². The predicted octanol–water partition coefficient (Wildman–Crippen LogP) is 3.46. The molecular formula is C15H13ClN2O. The molecular weight excluding hydrogens is 260 g/mol. The Bertz CT molecular complexity index is 749. The maximum atomic E-state index is 9.37. The summed E-state index contributed by atoms with van der Waals surface area (Å²) in [4.78, 5) is 4.53. The summed E-state index contributed by atoms with van der Waals surface area (Å²) >= 11 is 6.05. The van der Waals surface area contributed by atoms with Gasteiger partial charge in [-0.2, -0.15) is 0 Å². The van der Waals surface area contributed by atoms with E-state index in [1.165, 1.54) is 0 Å². The Hall–Kier alpha value is -1.84. The fraction of sp³-hybridized carbons (Fsp3) is 0.133. The van der Waals surface area contributed by atoms with E-state index < -0.39 is 0 Å². The van der Waals surface area contributed by atoms with E-state index in [-0.39, 0.29) is 6.61 Å². The summed E-state index contributed by atoms with van der Waals surface area (Å²) in [5.74, 6) is 0. The van der Waals surface area contributed by atoms with Crippen LogP contribution in [-0.4, -0.2) is 14.5 Å². The van der Waals surface area contributed by atoms with Crippen molar-refractivity contribution in [3.8, 4) is 11.1 Å². The van der Waals surface area contributed by atoms with Gasteiger partial charge in [-0.1, -0.05) is 23.7 Å². The number of aryl methyl sites for hydroxylation is 1. The fourth-order valence-electron chi connectivity index (χ4n) is 2.23. The number of rotatable bonds is 2. The number of imidazole rings is 1. The van der Waals surface area contributed by atoms with Crippen LogP contribution in [0.1, 0.15) is 11.3 Å². The quantitative estimate of drug-likeness (QED) is 0.776. The highest BCUT2D eigenvalue weighted by Gasteiger charge is 2.09. The van der Waals surface area contributed by atoms with Crippen LogP contribution in [0.15, 0.2) is 42.7 Å². The van der Waals surface area contributed by atoms with Crippen LogP contribution in [0.5, 0.6) is 0 Å². The normalized spacial score (nSPS) is 11.1. The first kappa shape index (κ1) is 12.2. The van der Waals surface area contributed by atoms with Crippen molar-refractivity contribution in [1.82, 2.24) is 9.38 Å². The monoisotopic (exact) mass is 272 g/mol. The lowest BCUT2D eigenvalue weighted by Crippen LogP contribution is -1.93. The molecule has 2 heterocycles. The molecule has 0 spiro atoms. The van der Waals surface area contributed by atoms with Crippen molar-refractivity contribution in [2.45, 2.75) is 13.5 Å². The molecule has 1 N–H and O–H groups in total. The minimum Gasteiger partial charge on any atom is -0.392 e. The molecule has 0 unspecified atom stereocenters. The summed E-state index contributed by atoms with van der Waals surface area (Å²) < 4.78 is 1.94. The third-order valence-electron chi connectivity index (χ3n) is 3.05. The number of aromatic nitrogens is 2. The van der Waals surface area contributed by atoms with Gasteiger partial charge in [-0.05, 0) is 36.2 Å². The van der Waals surface area contributed by atoms with Gasteiger partial charge in [0.2, 0.25) is 0 Å². The molecule has 0 radical (unpaired) electrons. The Kier molecular flexibility index (Phi) is 3.01. The van der Waals surface area contributed by atoms with Crippen LogP contribution < -0.4 is 0 Å². The second-order valence-electron chi connectivity index (χ2n) is 4.54. The summed E-state index contributed by atoms with van der Waals surface area (Å²) in [5, 5.41) is 10.1. The van der Waals surface area contributed by atoms with E-state index in [9.17, 15) is 5.11 Å². The first-order valence-corrected chi connectivity index (χ1v) is 6.40. The number of hydrogen-bond donors (Lipinski definition) is 1. The minimum absolute atomic E-state index is 0.000728. The average molecular weight is 273 g/mol. The Labute approximate surface area is 116 Å². The molecule has 0 amide bonds. The van der Waals surface area contributed by atoms with Crippen molar-refractivity contribution in [3.63, 3.8) is 0 Å². The average Bonchev–Trinajstić information content (AvgIpc) is 2.77. The maximum Gasteiger partial charge on any atom is 0.144 e. The van der Waals surface area contributed by atoms with Gasteiger partial charge in [-0.15, -0.1) is 0 Å². The molecule has 1 aromatic carbocycles. The van der Waals surface area contributed by atoms with E-state index in [1.54, 1.807) is 0 Å². The molecule has 0 bridgehead atoms. The lowest BCUT2D eigenvalue weighted by molar-refractivity contribution is 0.281. The van der Waals surface area contributed by atoms with Crippen LogP contribution in [0.3, 0.4) is 0 Å². The lowest BCUT2D eigenvalue weighted by Gasteiger charge is -2.07. The highest BCUT2D eigenvalue weighted by atomic mass is 35.5. The van der Waals surface area contributed by atoms with E-state index in [0.29, 0.717) is 5.02 Å². The Morgan fingerprint density at radius 2 is 2.11 bits per heavy atom. The van der Waals surface area contributed by atoms with Crippen LogP contribution in [0.25, 0.3) is 16.8 Å². The largest absolute Gasteiger partial charge is 0.392 e. The smallest absolute Gasteiger partial charge is 0.144 e. The zero-order valence-corrected chi connectivity index (χ0v) is 11.2. The summed E-state index contributed by atoms with van der Waals surface area (Å²) in [7, 11) is 0. The molecule has 4 heteroatoms. The molecule has 0 aliphatic heterocycles. The number of aliphatic hydroxyl groups excluding tert-OH is 1. The number of nitrogens with zero attached hydrogens (tertiary/aromatic N) is 2. The number of fused-ring (bicyclic) bond motifs is 1. The highest BCUT2D eigenvalue weighted by molar-refractivity contribution is 6.30. The van der Waals surface area contributed by atoms with Gasteiger partial charge in [0.1, 0.15) is 5.65 Å². The highest BCUT2D eigenvalue weighted by Crippen LogP contribution is 2.27. The Morgan fingerprint density at radius 1 is 1.26 bits per heavy atom. The van der Waals surface area contributed by atoms with Gasteiger partial charge in [0.15, 0.2) is 0 Å². The third-order valence-corrected chi connectivity index (χ3v) is 3.28. The summed E-state index contributed by atoms with van der Waals surface area (Å²) in [6.45, 7) is 1.95. The van der Waals surface area contributed by atoms with Gasteiger partial charge in [0.05, 0.1) is 12.3 Å². The molecule has 0 aliphatic carbocycles. The Balaban J connectivity index is 2.32. The number of hydrogen-bond acceptors (Lipinski definition) is 2. The molecule has 0 saturated carbocycles. The van der Waals surface area contributed by atoms with Crippen molar-refractivity contribution in [3.05, 3.63) is 59.0 Å².